The van der Waals surface area contributed by atoms with Crippen LogP contribution in [0.4, 0.5) is 0 Å². The van der Waals surface area contributed by atoms with Crippen molar-refractivity contribution in [3.05, 3.63) is 0 Å². The molecule has 0 bridgehead atoms. The van der Waals surface area contributed by atoms with E-state index in [1.165, 1.54) is 4.72 Å². The van der Waals surface area contributed by atoms with Gasteiger partial charge in [-0.2, -0.15) is 13.1 Å². The average molecular weight is 259 g/mol. The highest BCUT2D eigenvalue weighted by Gasteiger charge is 2.44. The molecular weight excluding hydrogens is 246 g/mol. The fourth-order valence-electron chi connectivity index (χ4n) is 1.40. The third-order valence-corrected chi connectivity index (χ3v) is 2.76. The summed E-state index contributed by atoms with van der Waals surface area (Å²) in [5, 5.41) is 36.8. The highest BCUT2D eigenvalue weighted by Crippen LogP contribution is 2.19. The number of ether oxygens (including phenoxy) is 1. The molecule has 6 N–H and O–H groups in total. The molecule has 0 aromatic heterocycles. The molecule has 1 unspecified atom stereocenters. The van der Waals surface area contributed by atoms with Crippen LogP contribution in [0, 0.1) is 0 Å². The Balaban J connectivity index is 2.80. The minimum Gasteiger partial charge on any atom is -0.394 e. The van der Waals surface area contributed by atoms with Crippen molar-refractivity contribution >= 4 is 10.3 Å². The predicted octanol–water partition coefficient (Wildman–Crippen LogP) is -3.82. The van der Waals surface area contributed by atoms with Crippen molar-refractivity contribution in [2.24, 2.45) is 0 Å². The molecule has 9 nitrogen and oxygen atoms in total. The second-order valence-corrected chi connectivity index (χ2v) is 4.53. The Labute approximate surface area is 91.2 Å². The van der Waals surface area contributed by atoms with Crippen LogP contribution in [0.1, 0.15) is 0 Å². The summed E-state index contributed by atoms with van der Waals surface area (Å²) >= 11 is 0. The zero-order valence-electron chi connectivity index (χ0n) is 7.96. The molecule has 1 fully saturated rings. The van der Waals surface area contributed by atoms with Gasteiger partial charge < -0.3 is 25.2 Å². The summed E-state index contributed by atoms with van der Waals surface area (Å²) in [6.07, 6.45) is -6.34. The Morgan fingerprint density at radius 2 is 1.75 bits per heavy atom. The van der Waals surface area contributed by atoms with Crippen LogP contribution >= 0.6 is 0 Å². The fourth-order valence-corrected chi connectivity index (χ4v) is 2.00. The number of hydrogen-bond donors (Lipinski definition) is 6. The molecule has 1 heterocycles. The summed E-state index contributed by atoms with van der Waals surface area (Å²) in [7, 11) is -4.66. The molecule has 0 aromatic carbocycles. The van der Waals surface area contributed by atoms with Gasteiger partial charge in [0, 0.05) is 0 Å². The topological polar surface area (TPSA) is 157 Å². The zero-order chi connectivity index (χ0) is 12.5. The number of rotatable bonds is 3. The Morgan fingerprint density at radius 3 is 2.19 bits per heavy atom. The molecule has 1 saturated heterocycles. The lowest BCUT2D eigenvalue weighted by Gasteiger charge is -2.39. The van der Waals surface area contributed by atoms with Crippen molar-refractivity contribution in [2.45, 2.75) is 30.6 Å². The third-order valence-electron chi connectivity index (χ3n) is 2.19. The van der Waals surface area contributed by atoms with Gasteiger partial charge in [-0.05, 0) is 0 Å². The highest BCUT2D eigenvalue weighted by molar-refractivity contribution is 7.83. The quantitative estimate of drug-likeness (QED) is 0.281. The van der Waals surface area contributed by atoms with Gasteiger partial charge in [-0.25, -0.2) is 0 Å². The molecule has 16 heavy (non-hydrogen) atoms. The fraction of sp³-hybridized carbons (Fsp3) is 1.00. The first-order valence-corrected chi connectivity index (χ1v) is 5.75. The minimum absolute atomic E-state index is 0.659. The van der Waals surface area contributed by atoms with Crippen LogP contribution in [0.3, 0.4) is 0 Å². The molecule has 0 saturated carbocycles. The Morgan fingerprint density at radius 1 is 1.19 bits per heavy atom. The molecule has 1 rings (SSSR count). The second-order valence-electron chi connectivity index (χ2n) is 3.35. The van der Waals surface area contributed by atoms with Crippen molar-refractivity contribution in [2.75, 3.05) is 6.61 Å². The van der Waals surface area contributed by atoms with Gasteiger partial charge in [0.05, 0.1) is 6.61 Å². The Bertz CT molecular complexity index is 331. The molecule has 5 atom stereocenters. The van der Waals surface area contributed by atoms with Gasteiger partial charge in [0.1, 0.15) is 24.4 Å². The summed E-state index contributed by atoms with van der Waals surface area (Å²) in [5.74, 6) is 0. The highest BCUT2D eigenvalue weighted by atomic mass is 32.2. The molecule has 1 aliphatic rings. The van der Waals surface area contributed by atoms with Crippen LogP contribution in [0.2, 0.25) is 0 Å². The van der Waals surface area contributed by atoms with E-state index in [0.717, 1.165) is 0 Å². The first-order chi connectivity index (χ1) is 7.26. The van der Waals surface area contributed by atoms with Crippen molar-refractivity contribution in [3.63, 3.8) is 0 Å². The first-order valence-electron chi connectivity index (χ1n) is 4.31. The van der Waals surface area contributed by atoms with Gasteiger partial charge in [-0.15, -0.1) is 0 Å². The molecule has 0 aliphatic carbocycles. The number of aliphatic hydroxyl groups excluding tert-OH is 4. The molecule has 0 aromatic rings. The van der Waals surface area contributed by atoms with E-state index in [1.807, 2.05) is 0 Å². The van der Waals surface area contributed by atoms with E-state index in [0.29, 0.717) is 0 Å². The van der Waals surface area contributed by atoms with E-state index in [1.54, 1.807) is 0 Å². The van der Waals surface area contributed by atoms with E-state index in [4.69, 9.17) is 9.66 Å². The zero-order valence-corrected chi connectivity index (χ0v) is 8.78. The molecule has 10 heteroatoms. The van der Waals surface area contributed by atoms with Crippen LogP contribution in [-0.4, -0.2) is 70.6 Å². The van der Waals surface area contributed by atoms with E-state index >= 15 is 0 Å². The molecule has 0 amide bonds. The molecule has 96 valence electrons. The van der Waals surface area contributed by atoms with Gasteiger partial charge in [-0.3, -0.25) is 4.55 Å². The Kier molecular flexibility index (Phi) is 4.20. The maximum Gasteiger partial charge on any atom is 0.333 e. The van der Waals surface area contributed by atoms with E-state index in [9.17, 15) is 23.7 Å². The van der Waals surface area contributed by atoms with Gasteiger partial charge in [0.25, 0.3) is 0 Å². The standard InChI is InChI=1S/C6H13NO8S/c8-1-2-4(9)5(10)3(6(11)15-2)7-16(12,13)14/h2-11H,1H2,(H,12,13,14)/t2-,3-,4-,5-,6?/m1/s1. The van der Waals surface area contributed by atoms with Crippen LogP contribution in [0.15, 0.2) is 0 Å². The van der Waals surface area contributed by atoms with E-state index in [2.05, 4.69) is 4.74 Å². The lowest BCUT2D eigenvalue weighted by Crippen LogP contribution is -2.64. The Hall–Kier alpha value is -0.330. The second kappa shape index (κ2) is 4.89. The summed E-state index contributed by atoms with van der Waals surface area (Å²) in [5.41, 5.74) is 0. The molecule has 0 radical (unpaired) electrons. The smallest absolute Gasteiger partial charge is 0.333 e. The average Bonchev–Trinajstić information content (AvgIpc) is 2.17. The lowest BCUT2D eigenvalue weighted by molar-refractivity contribution is -0.251. The molecular formula is C6H13NO8S. The van der Waals surface area contributed by atoms with Gasteiger partial charge >= 0.3 is 10.3 Å². The van der Waals surface area contributed by atoms with Crippen LogP contribution in [0.5, 0.6) is 0 Å². The maximum absolute atomic E-state index is 10.5. The van der Waals surface area contributed by atoms with Gasteiger partial charge in [-0.1, -0.05) is 0 Å². The van der Waals surface area contributed by atoms with Crippen LogP contribution < -0.4 is 4.72 Å². The van der Waals surface area contributed by atoms with Gasteiger partial charge in [0.2, 0.25) is 0 Å². The van der Waals surface area contributed by atoms with E-state index in [-0.39, 0.29) is 0 Å². The molecule has 1 aliphatic heterocycles. The van der Waals surface area contributed by atoms with Crippen LogP contribution in [-0.2, 0) is 15.0 Å². The summed E-state index contributed by atoms with van der Waals surface area (Å²) in [4.78, 5) is 0. The monoisotopic (exact) mass is 259 g/mol. The van der Waals surface area contributed by atoms with Crippen LogP contribution in [0.25, 0.3) is 0 Å². The first kappa shape index (κ1) is 13.7. The third kappa shape index (κ3) is 3.09. The summed E-state index contributed by atoms with van der Waals surface area (Å²) < 4.78 is 35.6. The van der Waals surface area contributed by atoms with Gasteiger partial charge in [0.15, 0.2) is 6.29 Å². The molecule has 0 spiro atoms. The maximum atomic E-state index is 10.5. The van der Waals surface area contributed by atoms with Crippen molar-refractivity contribution < 1.29 is 38.1 Å². The van der Waals surface area contributed by atoms with E-state index < -0.39 is 47.6 Å². The summed E-state index contributed by atoms with van der Waals surface area (Å²) in [6.45, 7) is -0.659. The minimum atomic E-state index is -4.66. The number of hydrogen-bond acceptors (Lipinski definition) is 7. The van der Waals surface area contributed by atoms with Crippen molar-refractivity contribution in [1.29, 1.82) is 0 Å². The van der Waals surface area contributed by atoms with Crippen molar-refractivity contribution in [3.8, 4) is 0 Å². The lowest BCUT2D eigenvalue weighted by atomic mass is 9.98. The normalized spacial score (nSPS) is 40.9. The number of nitrogens with one attached hydrogen (secondary N) is 1. The van der Waals surface area contributed by atoms with Crippen molar-refractivity contribution in [1.82, 2.24) is 4.72 Å². The summed E-state index contributed by atoms with van der Waals surface area (Å²) in [6, 6.07) is -1.62. The largest absolute Gasteiger partial charge is 0.394 e. The predicted molar refractivity (Wildman–Crippen MR) is 48.5 cm³/mol. The number of aliphatic hydroxyl groups is 4. The SMILES string of the molecule is O=S(=O)(O)N[C@H]1C(O)O[C@H](CO)[C@@H](O)[C@@H]1O.